The van der Waals surface area contributed by atoms with Crippen LogP contribution in [0.1, 0.15) is 24.0 Å². The van der Waals surface area contributed by atoms with Gasteiger partial charge in [-0.15, -0.1) is 0 Å². The van der Waals surface area contributed by atoms with Gasteiger partial charge in [0.05, 0.1) is 19.3 Å². The Labute approximate surface area is 203 Å². The third kappa shape index (κ3) is 4.89. The molecule has 2 aliphatic rings. The Morgan fingerprint density at radius 1 is 1.11 bits per heavy atom. The van der Waals surface area contributed by atoms with Gasteiger partial charge < -0.3 is 15.0 Å². The minimum Gasteiger partial charge on any atom is -0.493 e. The molecule has 4 amide bonds. The van der Waals surface area contributed by atoms with E-state index in [0.29, 0.717) is 17.9 Å². The fraction of sp³-hybridized carbons (Fsp3) is 0.308. The van der Waals surface area contributed by atoms with Gasteiger partial charge >= 0.3 is 6.03 Å². The maximum atomic E-state index is 13.0. The Bertz CT molecular complexity index is 1230. The fourth-order valence-corrected chi connectivity index (χ4v) is 4.27. The van der Waals surface area contributed by atoms with E-state index in [4.69, 9.17) is 4.74 Å². The first-order valence-electron chi connectivity index (χ1n) is 11.6. The van der Waals surface area contributed by atoms with Gasteiger partial charge in [0.1, 0.15) is 5.75 Å². The van der Waals surface area contributed by atoms with Crippen LogP contribution in [-0.2, 0) is 28.7 Å². The van der Waals surface area contributed by atoms with Crippen molar-refractivity contribution in [2.24, 2.45) is 13.0 Å². The lowest BCUT2D eigenvalue weighted by atomic mass is 9.88. The van der Waals surface area contributed by atoms with Gasteiger partial charge in [0, 0.05) is 25.4 Å². The number of carbonyl (C=O) groups excluding carboxylic acids is 3. The molecule has 35 heavy (non-hydrogen) atoms. The molecule has 0 unspecified atom stereocenters. The van der Waals surface area contributed by atoms with Gasteiger partial charge in [-0.1, -0.05) is 36.4 Å². The SMILES string of the molecule is Cn1cc(-c2ccc([C@]3(CN(C=O)Cc4ccc(OCC5CC5)cc4)NC(=O)NC3=O)cc2)cn1. The summed E-state index contributed by atoms with van der Waals surface area (Å²) in [5.74, 6) is 0.973. The second-order valence-electron chi connectivity index (χ2n) is 9.20. The van der Waals surface area contributed by atoms with Crippen LogP contribution in [-0.4, -0.2) is 46.2 Å². The van der Waals surface area contributed by atoms with Gasteiger partial charge in [-0.25, -0.2) is 4.79 Å². The molecule has 2 aromatic carbocycles. The molecule has 2 heterocycles. The molecule has 2 fully saturated rings. The number of hydrogen-bond donors (Lipinski definition) is 2. The van der Waals surface area contributed by atoms with E-state index in [2.05, 4.69) is 15.7 Å². The lowest BCUT2D eigenvalue weighted by Gasteiger charge is -2.31. The van der Waals surface area contributed by atoms with Crippen LogP contribution >= 0.6 is 0 Å². The van der Waals surface area contributed by atoms with E-state index in [-0.39, 0.29) is 13.1 Å². The highest BCUT2D eigenvalue weighted by Crippen LogP contribution is 2.31. The van der Waals surface area contributed by atoms with Gasteiger partial charge in [-0.3, -0.25) is 19.6 Å². The van der Waals surface area contributed by atoms with Crippen molar-refractivity contribution in [1.82, 2.24) is 25.3 Å². The summed E-state index contributed by atoms with van der Waals surface area (Å²) in [4.78, 5) is 38.6. The van der Waals surface area contributed by atoms with E-state index in [1.165, 1.54) is 17.7 Å². The first-order chi connectivity index (χ1) is 16.9. The fourth-order valence-electron chi connectivity index (χ4n) is 4.27. The molecule has 1 aliphatic heterocycles. The van der Waals surface area contributed by atoms with Gasteiger partial charge in [-0.05, 0) is 47.6 Å². The van der Waals surface area contributed by atoms with Crippen molar-refractivity contribution in [3.63, 3.8) is 0 Å². The number of hydrogen-bond acceptors (Lipinski definition) is 5. The number of amides is 4. The Morgan fingerprint density at radius 3 is 2.43 bits per heavy atom. The molecule has 180 valence electrons. The van der Waals surface area contributed by atoms with Crippen molar-refractivity contribution in [3.8, 4) is 16.9 Å². The summed E-state index contributed by atoms with van der Waals surface area (Å²) in [6.45, 7) is 1.00. The maximum absolute atomic E-state index is 13.0. The van der Waals surface area contributed by atoms with E-state index in [0.717, 1.165) is 29.0 Å². The topological polar surface area (TPSA) is 106 Å². The normalized spacial score (nSPS) is 19.2. The Balaban J connectivity index is 1.34. The van der Waals surface area contributed by atoms with Crippen LogP contribution in [0.5, 0.6) is 5.75 Å². The smallest absolute Gasteiger partial charge is 0.322 e. The molecule has 9 heteroatoms. The zero-order chi connectivity index (χ0) is 24.4. The zero-order valence-electron chi connectivity index (χ0n) is 19.4. The number of aromatic nitrogens is 2. The first-order valence-corrected chi connectivity index (χ1v) is 11.6. The largest absolute Gasteiger partial charge is 0.493 e. The van der Waals surface area contributed by atoms with E-state index in [1.807, 2.05) is 49.6 Å². The highest BCUT2D eigenvalue weighted by Gasteiger charge is 2.48. The van der Waals surface area contributed by atoms with Crippen LogP contribution in [0.3, 0.4) is 0 Å². The summed E-state index contributed by atoms with van der Waals surface area (Å²) in [6.07, 6.45) is 6.80. The molecule has 2 N–H and O–H groups in total. The molecule has 1 saturated carbocycles. The summed E-state index contributed by atoms with van der Waals surface area (Å²) >= 11 is 0. The van der Waals surface area contributed by atoms with Gasteiger partial charge in [0.2, 0.25) is 6.41 Å². The molecule has 1 aliphatic carbocycles. The maximum Gasteiger partial charge on any atom is 0.322 e. The number of aryl methyl sites for hydroxylation is 1. The lowest BCUT2D eigenvalue weighted by Crippen LogP contribution is -2.52. The molecule has 1 aromatic heterocycles. The lowest BCUT2D eigenvalue weighted by molar-refractivity contribution is -0.127. The quantitative estimate of drug-likeness (QED) is 0.348. The van der Waals surface area contributed by atoms with Crippen LogP contribution in [0.15, 0.2) is 60.9 Å². The van der Waals surface area contributed by atoms with Crippen molar-refractivity contribution >= 4 is 18.3 Å². The van der Waals surface area contributed by atoms with Crippen LogP contribution in [0.25, 0.3) is 11.1 Å². The van der Waals surface area contributed by atoms with Crippen LogP contribution in [0.4, 0.5) is 4.79 Å². The molecule has 1 atom stereocenters. The summed E-state index contributed by atoms with van der Waals surface area (Å²) in [6, 6.07) is 14.3. The highest BCUT2D eigenvalue weighted by molar-refractivity contribution is 6.07. The van der Waals surface area contributed by atoms with E-state index < -0.39 is 17.5 Å². The van der Waals surface area contributed by atoms with Gasteiger partial charge in [0.15, 0.2) is 5.54 Å². The predicted molar refractivity (Wildman–Crippen MR) is 128 cm³/mol. The molecular weight excluding hydrogens is 446 g/mol. The predicted octanol–water partition coefficient (Wildman–Crippen LogP) is 2.57. The molecule has 3 aromatic rings. The van der Waals surface area contributed by atoms with Crippen molar-refractivity contribution < 1.29 is 19.1 Å². The summed E-state index contributed by atoms with van der Waals surface area (Å²) in [5.41, 5.74) is 1.95. The van der Waals surface area contributed by atoms with Crippen LogP contribution in [0.2, 0.25) is 0 Å². The zero-order valence-corrected chi connectivity index (χ0v) is 19.4. The monoisotopic (exact) mass is 473 g/mol. The second-order valence-corrected chi connectivity index (χ2v) is 9.20. The third-order valence-electron chi connectivity index (χ3n) is 6.44. The molecule has 0 spiro atoms. The molecule has 5 rings (SSSR count). The summed E-state index contributed by atoms with van der Waals surface area (Å²) < 4.78 is 7.49. The van der Waals surface area contributed by atoms with Crippen molar-refractivity contribution in [2.75, 3.05) is 13.2 Å². The average molecular weight is 474 g/mol. The van der Waals surface area contributed by atoms with E-state index in [1.54, 1.807) is 23.0 Å². The number of urea groups is 1. The minimum atomic E-state index is -1.39. The number of carbonyl (C=O) groups is 3. The number of rotatable bonds is 10. The van der Waals surface area contributed by atoms with Crippen molar-refractivity contribution in [3.05, 3.63) is 72.1 Å². The Kier molecular flexibility index (Phi) is 5.98. The molecule has 9 nitrogen and oxygen atoms in total. The molecule has 0 bridgehead atoms. The number of ether oxygens (including phenoxy) is 1. The minimum absolute atomic E-state index is 0.0136. The number of nitrogens with one attached hydrogen (secondary N) is 2. The van der Waals surface area contributed by atoms with Crippen LogP contribution in [0, 0.1) is 5.92 Å². The Hall–Kier alpha value is -4.14. The molecule has 0 radical (unpaired) electrons. The second kappa shape index (κ2) is 9.25. The van der Waals surface area contributed by atoms with Gasteiger partial charge in [-0.2, -0.15) is 5.10 Å². The van der Waals surface area contributed by atoms with Gasteiger partial charge in [0.25, 0.3) is 5.91 Å². The first kappa shape index (κ1) is 22.6. The van der Waals surface area contributed by atoms with Crippen LogP contribution < -0.4 is 15.4 Å². The number of imide groups is 1. The Morgan fingerprint density at radius 2 is 1.86 bits per heavy atom. The average Bonchev–Trinajstić information content (AvgIpc) is 3.52. The number of nitrogens with zero attached hydrogens (tertiary/aromatic N) is 3. The summed E-state index contributed by atoms with van der Waals surface area (Å²) in [7, 11) is 1.84. The molecule has 1 saturated heterocycles. The third-order valence-corrected chi connectivity index (χ3v) is 6.44. The standard InChI is InChI=1S/C26H27N5O4/c1-30-14-21(12-27-30)20-6-8-22(9-7-20)26(24(33)28-25(34)29-26)16-31(17-32)13-18-4-10-23(11-5-18)35-15-19-2-3-19/h4-12,14,17,19H,2-3,13,15-16H2,1H3,(H2,28,29,33,34)/t26-/m0/s1. The number of benzene rings is 2. The van der Waals surface area contributed by atoms with Crippen molar-refractivity contribution in [1.29, 1.82) is 0 Å². The van der Waals surface area contributed by atoms with E-state index in [9.17, 15) is 14.4 Å². The molecular formula is C26H27N5O4. The van der Waals surface area contributed by atoms with E-state index >= 15 is 0 Å². The van der Waals surface area contributed by atoms with Crippen molar-refractivity contribution in [2.45, 2.75) is 24.9 Å². The summed E-state index contributed by atoms with van der Waals surface area (Å²) in [5, 5.41) is 9.26. The highest BCUT2D eigenvalue weighted by atomic mass is 16.5.